The van der Waals surface area contributed by atoms with E-state index < -0.39 is 0 Å². The molecule has 1 aliphatic rings. The number of halogens is 1. The largest absolute Gasteiger partial charge is 0.313 e. The van der Waals surface area contributed by atoms with Crippen LogP contribution in [0.4, 0.5) is 4.39 Å². The van der Waals surface area contributed by atoms with Crippen LogP contribution in [0.25, 0.3) is 0 Å². The minimum atomic E-state index is -0.173. The van der Waals surface area contributed by atoms with E-state index >= 15 is 0 Å². The quantitative estimate of drug-likeness (QED) is 0.894. The molecule has 0 spiro atoms. The van der Waals surface area contributed by atoms with Gasteiger partial charge in [0.15, 0.2) is 0 Å². The van der Waals surface area contributed by atoms with Gasteiger partial charge in [-0.15, -0.1) is 0 Å². The molecule has 19 heavy (non-hydrogen) atoms. The zero-order valence-electron chi connectivity index (χ0n) is 12.1. The minimum absolute atomic E-state index is 0.173. The summed E-state index contributed by atoms with van der Waals surface area (Å²) in [6, 6.07) is 7.65. The lowest BCUT2D eigenvalue weighted by Gasteiger charge is -2.39. The Morgan fingerprint density at radius 1 is 1.26 bits per heavy atom. The molecular formula is C15H24FN3. The van der Waals surface area contributed by atoms with Gasteiger partial charge in [-0.3, -0.25) is 0 Å². The van der Waals surface area contributed by atoms with Gasteiger partial charge in [0.25, 0.3) is 0 Å². The molecular weight excluding hydrogens is 241 g/mol. The van der Waals surface area contributed by atoms with Crippen LogP contribution in [0.2, 0.25) is 0 Å². The van der Waals surface area contributed by atoms with E-state index in [-0.39, 0.29) is 11.9 Å². The summed E-state index contributed by atoms with van der Waals surface area (Å²) in [5.41, 5.74) is 1.16. The van der Waals surface area contributed by atoms with Crippen LogP contribution in [-0.4, -0.2) is 56.6 Å². The number of rotatable bonds is 4. The summed E-state index contributed by atoms with van der Waals surface area (Å²) < 4.78 is 13.0. The van der Waals surface area contributed by atoms with Crippen molar-refractivity contribution in [2.45, 2.75) is 18.5 Å². The predicted molar refractivity (Wildman–Crippen MR) is 76.7 cm³/mol. The Morgan fingerprint density at radius 3 is 2.58 bits per heavy atom. The summed E-state index contributed by atoms with van der Waals surface area (Å²) in [7, 11) is 6.34. The van der Waals surface area contributed by atoms with Gasteiger partial charge in [0.1, 0.15) is 5.82 Å². The molecule has 1 aliphatic heterocycles. The Kier molecular flexibility index (Phi) is 4.91. The minimum Gasteiger partial charge on any atom is -0.313 e. The fourth-order valence-electron chi connectivity index (χ4n) is 2.74. The highest BCUT2D eigenvalue weighted by atomic mass is 19.1. The van der Waals surface area contributed by atoms with E-state index in [0.29, 0.717) is 6.04 Å². The van der Waals surface area contributed by atoms with Gasteiger partial charge >= 0.3 is 0 Å². The molecule has 0 aliphatic carbocycles. The first-order valence-electron chi connectivity index (χ1n) is 6.91. The summed E-state index contributed by atoms with van der Waals surface area (Å²) in [5, 5.41) is 3.35. The van der Waals surface area contributed by atoms with Crippen molar-refractivity contribution in [3.05, 3.63) is 35.6 Å². The second-order valence-corrected chi connectivity index (χ2v) is 5.53. The van der Waals surface area contributed by atoms with Crippen molar-refractivity contribution < 1.29 is 4.39 Å². The van der Waals surface area contributed by atoms with Gasteiger partial charge < -0.3 is 15.1 Å². The van der Waals surface area contributed by atoms with E-state index in [9.17, 15) is 4.39 Å². The zero-order valence-corrected chi connectivity index (χ0v) is 12.1. The summed E-state index contributed by atoms with van der Waals surface area (Å²) in [4.78, 5) is 4.80. The maximum absolute atomic E-state index is 13.0. The van der Waals surface area contributed by atoms with Crippen LogP contribution in [0.5, 0.6) is 0 Å². The fourth-order valence-corrected chi connectivity index (χ4v) is 2.74. The fraction of sp³-hybridized carbons (Fsp3) is 0.600. The molecule has 2 rings (SSSR count). The number of hydrogen-bond donors (Lipinski definition) is 1. The van der Waals surface area contributed by atoms with Gasteiger partial charge in [0.2, 0.25) is 0 Å². The molecule has 1 N–H and O–H groups in total. The second-order valence-electron chi connectivity index (χ2n) is 5.53. The first-order chi connectivity index (χ1) is 9.10. The molecule has 0 saturated carbocycles. The number of hydrogen-bond acceptors (Lipinski definition) is 3. The number of likely N-dealkylation sites (N-methyl/N-ethyl adjacent to an activating group) is 2. The zero-order chi connectivity index (χ0) is 13.8. The third-order valence-electron chi connectivity index (χ3n) is 4.11. The molecule has 1 fully saturated rings. The van der Waals surface area contributed by atoms with E-state index in [1.807, 2.05) is 19.2 Å². The van der Waals surface area contributed by atoms with Gasteiger partial charge in [0, 0.05) is 31.7 Å². The molecule has 0 amide bonds. The van der Waals surface area contributed by atoms with Crippen molar-refractivity contribution in [3.63, 3.8) is 0 Å². The summed E-state index contributed by atoms with van der Waals surface area (Å²) >= 11 is 0. The lowest BCUT2D eigenvalue weighted by Crippen LogP contribution is -2.50. The van der Waals surface area contributed by atoms with Gasteiger partial charge in [0.05, 0.1) is 0 Å². The molecule has 106 valence electrons. The van der Waals surface area contributed by atoms with E-state index in [1.165, 1.54) is 12.1 Å². The molecule has 1 saturated heterocycles. The number of benzene rings is 1. The second kappa shape index (κ2) is 6.46. The molecule has 2 atom stereocenters. The Labute approximate surface area is 115 Å². The van der Waals surface area contributed by atoms with Gasteiger partial charge in [-0.25, -0.2) is 4.39 Å². The molecule has 0 aromatic heterocycles. The van der Waals surface area contributed by atoms with Crippen molar-refractivity contribution in [1.29, 1.82) is 0 Å². The van der Waals surface area contributed by atoms with E-state index in [0.717, 1.165) is 31.6 Å². The van der Waals surface area contributed by atoms with E-state index in [2.05, 4.69) is 29.2 Å². The molecule has 1 heterocycles. The molecule has 3 nitrogen and oxygen atoms in total. The van der Waals surface area contributed by atoms with Crippen LogP contribution >= 0.6 is 0 Å². The van der Waals surface area contributed by atoms with Crippen molar-refractivity contribution in [3.8, 4) is 0 Å². The molecule has 1 aromatic carbocycles. The molecule has 0 radical (unpaired) electrons. The Morgan fingerprint density at radius 2 is 1.95 bits per heavy atom. The standard InChI is InChI=1S/C15H24FN3/c1-17-15(12-4-6-13(16)7-5-12)10-14-11-18(2)8-9-19(14)3/h4-7,14-15,17H,8-11H2,1-3H3. The normalized spacial score (nSPS) is 23.5. The smallest absolute Gasteiger partial charge is 0.123 e. The molecule has 2 unspecified atom stereocenters. The van der Waals surface area contributed by atoms with Crippen molar-refractivity contribution in [2.75, 3.05) is 40.8 Å². The van der Waals surface area contributed by atoms with Crippen LogP contribution in [0.15, 0.2) is 24.3 Å². The Balaban J connectivity index is 2.03. The van der Waals surface area contributed by atoms with Gasteiger partial charge in [-0.2, -0.15) is 0 Å². The lowest BCUT2D eigenvalue weighted by atomic mass is 9.97. The number of piperazine rings is 1. The Hall–Kier alpha value is -0.970. The highest BCUT2D eigenvalue weighted by Crippen LogP contribution is 2.22. The lowest BCUT2D eigenvalue weighted by molar-refractivity contribution is 0.102. The van der Waals surface area contributed by atoms with Crippen LogP contribution in [-0.2, 0) is 0 Å². The monoisotopic (exact) mass is 265 g/mol. The predicted octanol–water partition coefficient (Wildman–Crippen LogP) is 1.72. The topological polar surface area (TPSA) is 18.5 Å². The highest BCUT2D eigenvalue weighted by molar-refractivity contribution is 5.20. The maximum Gasteiger partial charge on any atom is 0.123 e. The van der Waals surface area contributed by atoms with Crippen LogP contribution in [0.1, 0.15) is 18.0 Å². The van der Waals surface area contributed by atoms with Crippen molar-refractivity contribution in [1.82, 2.24) is 15.1 Å². The van der Waals surface area contributed by atoms with E-state index in [1.54, 1.807) is 0 Å². The molecule has 0 bridgehead atoms. The van der Waals surface area contributed by atoms with Crippen LogP contribution in [0.3, 0.4) is 0 Å². The number of nitrogens with one attached hydrogen (secondary N) is 1. The third-order valence-corrected chi connectivity index (χ3v) is 4.11. The first kappa shape index (κ1) is 14.4. The Bertz CT molecular complexity index is 393. The summed E-state index contributed by atoms with van der Waals surface area (Å²) in [5.74, 6) is -0.173. The van der Waals surface area contributed by atoms with Crippen LogP contribution in [0, 0.1) is 5.82 Å². The average Bonchev–Trinajstić information content (AvgIpc) is 2.41. The third kappa shape index (κ3) is 3.75. The first-order valence-corrected chi connectivity index (χ1v) is 6.91. The molecule has 4 heteroatoms. The highest BCUT2D eigenvalue weighted by Gasteiger charge is 2.25. The summed E-state index contributed by atoms with van der Waals surface area (Å²) in [6.07, 6.45) is 1.04. The van der Waals surface area contributed by atoms with Crippen molar-refractivity contribution >= 4 is 0 Å². The van der Waals surface area contributed by atoms with Gasteiger partial charge in [-0.05, 0) is 45.3 Å². The summed E-state index contributed by atoms with van der Waals surface area (Å²) in [6.45, 7) is 3.34. The average molecular weight is 265 g/mol. The van der Waals surface area contributed by atoms with Crippen molar-refractivity contribution in [2.24, 2.45) is 0 Å². The molecule has 1 aromatic rings. The van der Waals surface area contributed by atoms with E-state index in [4.69, 9.17) is 0 Å². The van der Waals surface area contributed by atoms with Gasteiger partial charge in [-0.1, -0.05) is 12.1 Å². The van der Waals surface area contributed by atoms with Crippen LogP contribution < -0.4 is 5.32 Å². The maximum atomic E-state index is 13.0. The number of nitrogens with zero attached hydrogens (tertiary/aromatic N) is 2. The SMILES string of the molecule is CNC(CC1CN(C)CCN1C)c1ccc(F)cc1.